The van der Waals surface area contributed by atoms with E-state index in [2.05, 4.69) is 9.98 Å². The molecule has 2 heterocycles. The number of aliphatic hydroxyl groups excluding tert-OH is 1. The van der Waals surface area contributed by atoms with Gasteiger partial charge in [-0.2, -0.15) is 0 Å². The van der Waals surface area contributed by atoms with E-state index < -0.39 is 23.1 Å². The fraction of sp³-hybridized carbons (Fsp3) is 0.333. The van der Waals surface area contributed by atoms with Gasteiger partial charge in [0.25, 0.3) is 0 Å². The molecule has 172 valence electrons. The maximum absolute atomic E-state index is 13.6. The molecule has 9 heteroatoms. The standard InChI is InChI=1S/C24H23ClN2O6/c1-13-10-16(28)15(12-27-9-6-14-4-7-26-8-5-14)22(29)24(13)23(30)19-17(31-2)11-18(32-3)20(25)21(19)33-24/h4-5,7-8,11-13,29H,6,9-10H2,1-3H3/t13-,24+/m1/s1. The summed E-state index contributed by atoms with van der Waals surface area (Å²) in [5, 5.41) is 11.3. The lowest BCUT2D eigenvalue weighted by Crippen LogP contribution is -2.52. The third-order valence-corrected chi connectivity index (χ3v) is 6.37. The summed E-state index contributed by atoms with van der Waals surface area (Å²) >= 11 is 6.42. The van der Waals surface area contributed by atoms with Gasteiger partial charge in [-0.25, -0.2) is 0 Å². The lowest BCUT2D eigenvalue weighted by atomic mass is 9.73. The van der Waals surface area contributed by atoms with E-state index in [0.29, 0.717) is 13.0 Å². The summed E-state index contributed by atoms with van der Waals surface area (Å²) in [6.45, 7) is 2.06. The Labute approximate surface area is 195 Å². The minimum absolute atomic E-state index is 0.00737. The van der Waals surface area contributed by atoms with E-state index in [1.54, 1.807) is 19.3 Å². The molecule has 0 unspecified atom stereocenters. The Bertz CT molecular complexity index is 1180. The molecule has 0 saturated heterocycles. The van der Waals surface area contributed by atoms with Crippen molar-refractivity contribution < 1.29 is 28.9 Å². The molecule has 0 amide bonds. The number of halogens is 1. The summed E-state index contributed by atoms with van der Waals surface area (Å²) in [7, 11) is 2.84. The minimum Gasteiger partial charge on any atom is -0.507 e. The number of carbonyl (C=O) groups excluding carboxylic acids is 2. The van der Waals surface area contributed by atoms with Crippen LogP contribution in [0.3, 0.4) is 0 Å². The van der Waals surface area contributed by atoms with Gasteiger partial charge >= 0.3 is 0 Å². The number of ether oxygens (including phenoxy) is 3. The molecule has 0 saturated carbocycles. The van der Waals surface area contributed by atoms with Crippen LogP contribution in [0.2, 0.25) is 5.02 Å². The van der Waals surface area contributed by atoms with Gasteiger partial charge in [0.05, 0.1) is 19.8 Å². The summed E-state index contributed by atoms with van der Waals surface area (Å²) in [5.41, 5.74) is -0.705. The highest BCUT2D eigenvalue weighted by atomic mass is 35.5. The predicted molar refractivity (Wildman–Crippen MR) is 122 cm³/mol. The molecule has 8 nitrogen and oxygen atoms in total. The van der Waals surface area contributed by atoms with Crippen LogP contribution in [0.5, 0.6) is 17.2 Å². The number of nitrogens with zero attached hydrogens (tertiary/aromatic N) is 2. The third kappa shape index (κ3) is 3.64. The molecule has 4 rings (SSSR count). The minimum atomic E-state index is -1.80. The zero-order valence-electron chi connectivity index (χ0n) is 18.4. The van der Waals surface area contributed by atoms with Crippen molar-refractivity contribution in [2.24, 2.45) is 10.9 Å². The Hall–Kier alpha value is -3.39. The molecular weight excluding hydrogens is 448 g/mol. The molecule has 2 atom stereocenters. The molecule has 1 spiro atoms. The average Bonchev–Trinajstić information content (AvgIpc) is 3.13. The highest BCUT2D eigenvalue weighted by Gasteiger charge is 2.60. The molecule has 1 N–H and O–H groups in total. The van der Waals surface area contributed by atoms with E-state index in [4.69, 9.17) is 25.8 Å². The number of pyridine rings is 1. The second-order valence-corrected chi connectivity index (χ2v) is 8.28. The second kappa shape index (κ2) is 8.86. The number of methoxy groups -OCH3 is 2. The number of rotatable bonds is 6. The van der Waals surface area contributed by atoms with Crippen LogP contribution < -0.4 is 14.2 Å². The number of fused-ring (bicyclic) bond motifs is 1. The van der Waals surface area contributed by atoms with Gasteiger partial charge < -0.3 is 19.3 Å². The van der Waals surface area contributed by atoms with Crippen molar-refractivity contribution in [1.82, 2.24) is 4.98 Å². The van der Waals surface area contributed by atoms with Crippen LogP contribution in [-0.4, -0.2) is 54.2 Å². The fourth-order valence-electron chi connectivity index (χ4n) is 4.21. The van der Waals surface area contributed by atoms with Crippen LogP contribution in [0.4, 0.5) is 0 Å². The highest BCUT2D eigenvalue weighted by Crippen LogP contribution is 2.54. The normalized spacial score (nSPS) is 22.1. The molecule has 0 bridgehead atoms. The predicted octanol–water partition coefficient (Wildman–Crippen LogP) is 3.80. The zero-order chi connectivity index (χ0) is 23.8. The van der Waals surface area contributed by atoms with Crippen molar-refractivity contribution in [2.75, 3.05) is 20.8 Å². The molecule has 2 aromatic rings. The van der Waals surface area contributed by atoms with Gasteiger partial charge in [0.15, 0.2) is 17.3 Å². The summed E-state index contributed by atoms with van der Waals surface area (Å²) in [4.78, 5) is 34.6. The van der Waals surface area contributed by atoms with Gasteiger partial charge in [0.2, 0.25) is 11.4 Å². The molecule has 1 aromatic heterocycles. The molecule has 0 radical (unpaired) electrons. The number of benzene rings is 1. The first-order valence-electron chi connectivity index (χ1n) is 10.4. The SMILES string of the molecule is COc1cc(OC)c2c(c1Cl)O[C@]1(C2=O)C(O)=C(C=NCCc2ccncc2)C(=O)C[C@H]1C. The van der Waals surface area contributed by atoms with Gasteiger partial charge in [-0.05, 0) is 24.1 Å². The Balaban J connectivity index is 1.72. The summed E-state index contributed by atoms with van der Waals surface area (Å²) in [6.07, 6.45) is 5.32. The smallest absolute Gasteiger partial charge is 0.231 e. The number of hydrogen-bond donors (Lipinski definition) is 1. The summed E-state index contributed by atoms with van der Waals surface area (Å²) < 4.78 is 16.7. The van der Waals surface area contributed by atoms with Crippen LogP contribution in [-0.2, 0) is 11.2 Å². The van der Waals surface area contributed by atoms with Crippen molar-refractivity contribution in [3.63, 3.8) is 0 Å². The van der Waals surface area contributed by atoms with Gasteiger partial charge in [-0.3, -0.25) is 19.6 Å². The maximum Gasteiger partial charge on any atom is 0.231 e. The number of allylic oxidation sites excluding steroid dienone is 1. The molecular formula is C24H23ClN2O6. The number of aliphatic imine (C=N–C) groups is 1. The zero-order valence-corrected chi connectivity index (χ0v) is 19.2. The molecule has 0 fully saturated rings. The summed E-state index contributed by atoms with van der Waals surface area (Å²) in [6, 6.07) is 5.24. The van der Waals surface area contributed by atoms with E-state index in [-0.39, 0.29) is 45.6 Å². The van der Waals surface area contributed by atoms with Gasteiger partial charge in [0.1, 0.15) is 22.1 Å². The number of ketones is 2. The van der Waals surface area contributed by atoms with E-state index in [9.17, 15) is 14.7 Å². The van der Waals surface area contributed by atoms with Crippen molar-refractivity contribution >= 4 is 29.4 Å². The number of aromatic nitrogens is 1. The molecule has 2 aliphatic rings. The van der Waals surface area contributed by atoms with Crippen LogP contribution in [0, 0.1) is 5.92 Å². The van der Waals surface area contributed by atoms with Crippen LogP contribution in [0.15, 0.2) is 46.9 Å². The summed E-state index contributed by atoms with van der Waals surface area (Å²) in [5.74, 6) is -1.45. The van der Waals surface area contributed by atoms with Crippen LogP contribution in [0.25, 0.3) is 0 Å². The maximum atomic E-state index is 13.6. The van der Waals surface area contributed by atoms with Crippen molar-refractivity contribution in [3.05, 3.63) is 58.1 Å². The number of hydrogen-bond acceptors (Lipinski definition) is 8. The van der Waals surface area contributed by atoms with Gasteiger partial charge in [-0.1, -0.05) is 18.5 Å². The van der Waals surface area contributed by atoms with Gasteiger partial charge in [0, 0.05) is 43.6 Å². The lowest BCUT2D eigenvalue weighted by Gasteiger charge is -2.36. The molecule has 1 aromatic carbocycles. The average molecular weight is 471 g/mol. The molecule has 1 aliphatic heterocycles. The quantitative estimate of drug-likeness (QED) is 0.640. The van der Waals surface area contributed by atoms with E-state index in [1.165, 1.54) is 26.5 Å². The van der Waals surface area contributed by atoms with Crippen molar-refractivity contribution in [1.29, 1.82) is 0 Å². The Morgan fingerprint density at radius 1 is 1.27 bits per heavy atom. The number of Topliss-reactive ketones (excluding diaryl/α,β-unsaturated/α-hetero) is 2. The Morgan fingerprint density at radius 2 is 1.97 bits per heavy atom. The first kappa shape index (κ1) is 22.8. The second-order valence-electron chi connectivity index (χ2n) is 7.90. The fourth-order valence-corrected chi connectivity index (χ4v) is 4.48. The lowest BCUT2D eigenvalue weighted by molar-refractivity contribution is -0.118. The van der Waals surface area contributed by atoms with E-state index in [1.807, 2.05) is 12.1 Å². The first-order chi connectivity index (χ1) is 15.8. The van der Waals surface area contributed by atoms with Crippen LogP contribution in [0.1, 0.15) is 29.3 Å². The number of aliphatic hydroxyl groups is 1. The van der Waals surface area contributed by atoms with Crippen LogP contribution >= 0.6 is 11.6 Å². The van der Waals surface area contributed by atoms with E-state index >= 15 is 0 Å². The van der Waals surface area contributed by atoms with Gasteiger partial charge in [-0.15, -0.1) is 0 Å². The number of carbonyl (C=O) groups is 2. The molecule has 33 heavy (non-hydrogen) atoms. The first-order valence-corrected chi connectivity index (χ1v) is 10.8. The Kier molecular flexibility index (Phi) is 6.12. The van der Waals surface area contributed by atoms with E-state index in [0.717, 1.165) is 5.56 Å². The highest BCUT2D eigenvalue weighted by molar-refractivity contribution is 6.35. The third-order valence-electron chi connectivity index (χ3n) is 6.01. The topological polar surface area (TPSA) is 107 Å². The molecule has 1 aliphatic carbocycles. The largest absolute Gasteiger partial charge is 0.507 e. The van der Waals surface area contributed by atoms with Crippen molar-refractivity contribution in [3.8, 4) is 17.2 Å². The Morgan fingerprint density at radius 3 is 2.64 bits per heavy atom. The monoisotopic (exact) mass is 470 g/mol. The van der Waals surface area contributed by atoms with Crippen molar-refractivity contribution in [2.45, 2.75) is 25.4 Å².